The van der Waals surface area contributed by atoms with E-state index in [4.69, 9.17) is 4.74 Å². The predicted octanol–water partition coefficient (Wildman–Crippen LogP) is 2.77. The molecule has 0 aliphatic heterocycles. The lowest BCUT2D eigenvalue weighted by Gasteiger charge is -2.19. The lowest BCUT2D eigenvalue weighted by atomic mass is 10.2. The quantitative estimate of drug-likeness (QED) is 0.531. The van der Waals surface area contributed by atoms with Crippen molar-refractivity contribution in [1.82, 2.24) is 4.90 Å². The standard InChI is InChI=1S/C18H21N3O6S/c1-4-20(13(2)22)12-14-6-5-7-15(10-14)19-28(25,26)18-9-8-16(21(23)24)11-17(18)27-3/h5-11,19H,4,12H2,1-3H3. The molecule has 150 valence electrons. The third-order valence-electron chi connectivity index (χ3n) is 4.03. The molecule has 9 nitrogen and oxygen atoms in total. The molecule has 2 aromatic carbocycles. The zero-order valence-corrected chi connectivity index (χ0v) is 16.5. The van der Waals surface area contributed by atoms with Crippen molar-refractivity contribution in [2.24, 2.45) is 0 Å². The maximum absolute atomic E-state index is 12.7. The summed E-state index contributed by atoms with van der Waals surface area (Å²) in [4.78, 5) is 23.2. The minimum atomic E-state index is -4.04. The lowest BCUT2D eigenvalue weighted by molar-refractivity contribution is -0.385. The van der Waals surface area contributed by atoms with Gasteiger partial charge in [0.15, 0.2) is 0 Å². The molecule has 0 atom stereocenters. The van der Waals surface area contributed by atoms with Gasteiger partial charge in [-0.2, -0.15) is 0 Å². The van der Waals surface area contributed by atoms with Crippen LogP contribution in [0.15, 0.2) is 47.4 Å². The Balaban J connectivity index is 2.31. The largest absolute Gasteiger partial charge is 0.495 e. The first-order valence-electron chi connectivity index (χ1n) is 8.37. The van der Waals surface area contributed by atoms with Crippen LogP contribution in [0.1, 0.15) is 19.4 Å². The molecule has 0 radical (unpaired) electrons. The Morgan fingerprint density at radius 1 is 1.25 bits per heavy atom. The first-order chi connectivity index (χ1) is 13.2. The van der Waals surface area contributed by atoms with E-state index in [9.17, 15) is 23.3 Å². The number of hydrogen-bond donors (Lipinski definition) is 1. The molecule has 2 rings (SSSR count). The topological polar surface area (TPSA) is 119 Å². The van der Waals surface area contributed by atoms with Gasteiger partial charge in [0, 0.05) is 31.8 Å². The lowest BCUT2D eigenvalue weighted by Crippen LogP contribution is -2.27. The Morgan fingerprint density at radius 3 is 2.54 bits per heavy atom. The first kappa shape index (κ1) is 21.2. The van der Waals surface area contributed by atoms with E-state index in [1.54, 1.807) is 29.2 Å². The van der Waals surface area contributed by atoms with Crippen molar-refractivity contribution >= 4 is 27.3 Å². The molecule has 0 aliphatic rings. The summed E-state index contributed by atoms with van der Waals surface area (Å²) in [5, 5.41) is 10.9. The van der Waals surface area contributed by atoms with Crippen LogP contribution in [0.25, 0.3) is 0 Å². The van der Waals surface area contributed by atoms with Gasteiger partial charge in [0.1, 0.15) is 10.6 Å². The van der Waals surface area contributed by atoms with Gasteiger partial charge >= 0.3 is 0 Å². The summed E-state index contributed by atoms with van der Waals surface area (Å²) in [5.41, 5.74) is 0.784. The van der Waals surface area contributed by atoms with Crippen molar-refractivity contribution in [3.05, 3.63) is 58.1 Å². The Kier molecular flexibility index (Phi) is 6.57. The number of rotatable bonds is 8. The van der Waals surface area contributed by atoms with Crippen LogP contribution < -0.4 is 9.46 Å². The summed E-state index contributed by atoms with van der Waals surface area (Å²) in [5.74, 6) is -0.212. The molecule has 0 saturated carbocycles. The number of carbonyl (C=O) groups excluding carboxylic acids is 1. The van der Waals surface area contributed by atoms with Gasteiger partial charge in [-0.05, 0) is 30.7 Å². The second-order valence-electron chi connectivity index (χ2n) is 5.93. The molecule has 0 heterocycles. The van der Waals surface area contributed by atoms with E-state index in [1.807, 2.05) is 6.92 Å². The Morgan fingerprint density at radius 2 is 1.96 bits per heavy atom. The molecule has 0 aliphatic carbocycles. The summed E-state index contributed by atoms with van der Waals surface area (Å²) >= 11 is 0. The first-order valence-corrected chi connectivity index (χ1v) is 9.86. The average molecular weight is 407 g/mol. The highest BCUT2D eigenvalue weighted by Crippen LogP contribution is 2.30. The molecule has 1 amide bonds. The van der Waals surface area contributed by atoms with E-state index in [0.717, 1.165) is 23.8 Å². The molecule has 0 aromatic heterocycles. The summed E-state index contributed by atoms with van der Waals surface area (Å²) in [6, 6.07) is 9.93. The fourth-order valence-corrected chi connectivity index (χ4v) is 3.80. The second-order valence-corrected chi connectivity index (χ2v) is 7.58. The summed E-state index contributed by atoms with van der Waals surface area (Å²) in [7, 11) is -2.81. The molecule has 10 heteroatoms. The van der Waals surface area contributed by atoms with Gasteiger partial charge in [0.05, 0.1) is 18.1 Å². The molecule has 1 N–H and O–H groups in total. The molecular weight excluding hydrogens is 386 g/mol. The molecular formula is C18H21N3O6S. The number of nitrogens with one attached hydrogen (secondary N) is 1. The van der Waals surface area contributed by atoms with Gasteiger partial charge in [-0.1, -0.05) is 12.1 Å². The monoisotopic (exact) mass is 407 g/mol. The normalized spacial score (nSPS) is 11.0. The minimum absolute atomic E-state index is 0.0795. The fourth-order valence-electron chi connectivity index (χ4n) is 2.60. The van der Waals surface area contributed by atoms with E-state index >= 15 is 0 Å². The van der Waals surface area contributed by atoms with E-state index in [1.165, 1.54) is 14.0 Å². The van der Waals surface area contributed by atoms with Gasteiger partial charge < -0.3 is 9.64 Å². The van der Waals surface area contributed by atoms with Crippen LogP contribution in [0.3, 0.4) is 0 Å². The number of nitrogens with zero attached hydrogens (tertiary/aromatic N) is 2. The maximum Gasteiger partial charge on any atom is 0.273 e. The second kappa shape index (κ2) is 8.70. The highest BCUT2D eigenvalue weighted by atomic mass is 32.2. The Labute approximate surface area is 163 Å². The highest BCUT2D eigenvalue weighted by Gasteiger charge is 2.22. The molecule has 0 unspecified atom stereocenters. The van der Waals surface area contributed by atoms with Gasteiger partial charge in [0.2, 0.25) is 5.91 Å². The number of sulfonamides is 1. The number of nitro groups is 1. The summed E-state index contributed by atoms with van der Waals surface area (Å²) in [6.45, 7) is 4.21. The molecule has 0 saturated heterocycles. The number of benzene rings is 2. The Bertz CT molecular complexity index is 991. The number of anilines is 1. The minimum Gasteiger partial charge on any atom is -0.495 e. The summed E-state index contributed by atoms with van der Waals surface area (Å²) in [6.07, 6.45) is 0. The molecule has 0 spiro atoms. The van der Waals surface area contributed by atoms with Crippen LogP contribution in [-0.2, 0) is 21.4 Å². The van der Waals surface area contributed by atoms with Crippen LogP contribution in [0.5, 0.6) is 5.75 Å². The van der Waals surface area contributed by atoms with Crippen molar-refractivity contribution in [3.63, 3.8) is 0 Å². The Hall–Kier alpha value is -3.14. The van der Waals surface area contributed by atoms with Gasteiger partial charge in [0.25, 0.3) is 15.7 Å². The number of hydrogen-bond acceptors (Lipinski definition) is 6. The van der Waals surface area contributed by atoms with Gasteiger partial charge in [-0.25, -0.2) is 8.42 Å². The SMILES string of the molecule is CCN(Cc1cccc(NS(=O)(=O)c2ccc([N+](=O)[O-])cc2OC)c1)C(C)=O. The fraction of sp³-hybridized carbons (Fsp3) is 0.278. The van der Waals surface area contributed by atoms with E-state index in [2.05, 4.69) is 4.72 Å². The number of non-ortho nitro benzene ring substituents is 1. The van der Waals surface area contributed by atoms with Crippen LogP contribution >= 0.6 is 0 Å². The zero-order chi connectivity index (χ0) is 20.9. The number of nitro benzene ring substituents is 1. The number of ether oxygens (including phenoxy) is 1. The molecule has 0 bridgehead atoms. The van der Waals surface area contributed by atoms with Crippen molar-refractivity contribution in [2.75, 3.05) is 18.4 Å². The predicted molar refractivity (Wildman–Crippen MR) is 104 cm³/mol. The molecule has 2 aromatic rings. The third-order valence-corrected chi connectivity index (χ3v) is 5.45. The van der Waals surface area contributed by atoms with Crippen molar-refractivity contribution in [2.45, 2.75) is 25.3 Å². The van der Waals surface area contributed by atoms with Crippen molar-refractivity contribution in [1.29, 1.82) is 0 Å². The maximum atomic E-state index is 12.7. The van der Waals surface area contributed by atoms with Crippen molar-refractivity contribution < 1.29 is 22.9 Å². The van der Waals surface area contributed by atoms with E-state index < -0.39 is 14.9 Å². The molecule has 0 fully saturated rings. The van der Waals surface area contributed by atoms with E-state index in [0.29, 0.717) is 18.8 Å². The van der Waals surface area contributed by atoms with Gasteiger partial charge in [-0.15, -0.1) is 0 Å². The van der Waals surface area contributed by atoms with Crippen LogP contribution in [-0.4, -0.2) is 37.8 Å². The molecule has 28 heavy (non-hydrogen) atoms. The zero-order valence-electron chi connectivity index (χ0n) is 15.7. The van der Waals surface area contributed by atoms with Crippen molar-refractivity contribution in [3.8, 4) is 5.75 Å². The van der Waals surface area contributed by atoms with E-state index in [-0.39, 0.29) is 22.2 Å². The van der Waals surface area contributed by atoms with Crippen LogP contribution in [0, 0.1) is 10.1 Å². The summed E-state index contributed by atoms with van der Waals surface area (Å²) < 4.78 is 32.9. The van der Waals surface area contributed by atoms with Crippen LogP contribution in [0.4, 0.5) is 11.4 Å². The smallest absolute Gasteiger partial charge is 0.273 e. The number of methoxy groups -OCH3 is 1. The van der Waals surface area contributed by atoms with Crippen LogP contribution in [0.2, 0.25) is 0 Å². The number of carbonyl (C=O) groups is 1. The highest BCUT2D eigenvalue weighted by molar-refractivity contribution is 7.92. The van der Waals surface area contributed by atoms with Gasteiger partial charge in [-0.3, -0.25) is 19.6 Å². The third kappa shape index (κ3) is 4.97. The number of amides is 1. The average Bonchev–Trinajstić information content (AvgIpc) is 2.65.